The first-order valence-corrected chi connectivity index (χ1v) is 32.4. The molecule has 420 valence electrons. The third-order valence-electron chi connectivity index (χ3n) is 15.7. The Kier molecular flexibility index (Phi) is 55.4. The number of rotatable bonds is 60. The van der Waals surface area contributed by atoms with Crippen molar-refractivity contribution in [3.8, 4) is 0 Å². The van der Waals surface area contributed by atoms with Gasteiger partial charge >= 0.3 is 0 Å². The number of unbranched alkanes of at least 4 members (excludes halogenated alkanes) is 48. The van der Waals surface area contributed by atoms with Gasteiger partial charge in [-0.1, -0.05) is 328 Å². The zero-order valence-electron chi connectivity index (χ0n) is 48.4. The van der Waals surface area contributed by atoms with Crippen LogP contribution in [0.1, 0.15) is 367 Å². The van der Waals surface area contributed by atoms with Gasteiger partial charge in [0.25, 0.3) is 0 Å². The van der Waals surface area contributed by atoms with E-state index in [1.165, 1.54) is 263 Å². The summed E-state index contributed by atoms with van der Waals surface area (Å²) in [6, 6.07) is -1.36. The lowest BCUT2D eigenvalue weighted by atomic mass is 9.79. The Hall–Kier alpha value is -1.30. The lowest BCUT2D eigenvalue weighted by Gasteiger charge is -2.33. The highest BCUT2D eigenvalue weighted by Gasteiger charge is 2.49. The molecule has 0 bridgehead atoms. The Morgan fingerprint density at radius 2 is 0.535 bits per heavy atom. The van der Waals surface area contributed by atoms with E-state index >= 15 is 0 Å². The predicted octanol–water partition coefficient (Wildman–Crippen LogP) is 20.8. The molecule has 0 aliphatic carbocycles. The number of allylic oxidation sites excluding steroid dienone is 3. The highest BCUT2D eigenvalue weighted by Crippen LogP contribution is 2.25. The fourth-order valence-electron chi connectivity index (χ4n) is 10.6. The maximum Gasteiger partial charge on any atom is 0.199 e. The molecule has 0 fully saturated rings. The fourth-order valence-corrected chi connectivity index (χ4v) is 10.6. The first kappa shape index (κ1) is 69.7. The molecule has 3 atom stereocenters. The molecule has 5 nitrogen and oxygen atoms in total. The van der Waals surface area contributed by atoms with Gasteiger partial charge in [-0.05, 0) is 51.4 Å². The molecule has 0 amide bonds. The third kappa shape index (κ3) is 45.8. The van der Waals surface area contributed by atoms with Crippen LogP contribution in [0.15, 0.2) is 24.3 Å². The van der Waals surface area contributed by atoms with E-state index in [0.29, 0.717) is 12.8 Å². The second-order valence-corrected chi connectivity index (χ2v) is 22.7. The van der Waals surface area contributed by atoms with E-state index in [0.717, 1.165) is 57.8 Å². The van der Waals surface area contributed by atoms with Crippen molar-refractivity contribution >= 4 is 11.6 Å². The van der Waals surface area contributed by atoms with Crippen LogP contribution in [0.25, 0.3) is 0 Å². The van der Waals surface area contributed by atoms with Crippen LogP contribution in [0.5, 0.6) is 0 Å². The standard InChI is InChI=1S/C66H127NO4/c1-4-7-10-13-16-19-22-25-27-29-31-33-35-37-39-42-45-48-51-54-57-60-63(69)66(71,65(67)62(68)59-56-53-50-47-44-41-24-21-18-15-12-9-6-3)64(70)61-58-55-52-49-46-43-40-38-36-34-32-30-28-26-23-20-17-14-11-8-5-2/h25,27,56,59,62,65,68,71H,4-24,26,28-55,57-58,60-61,67H2,1-3H3/b27-25-,59-56+/t62-,65+,66?/m1/s1. The average Bonchev–Trinajstić information content (AvgIpc) is 3.37. The molecular weight excluding hydrogens is 871 g/mol. The molecule has 0 aromatic heterocycles. The topological polar surface area (TPSA) is 101 Å². The molecule has 4 N–H and O–H groups in total. The second kappa shape index (κ2) is 56.4. The van der Waals surface area contributed by atoms with Gasteiger partial charge in [-0.25, -0.2) is 0 Å². The maximum atomic E-state index is 13.8. The summed E-state index contributed by atoms with van der Waals surface area (Å²) in [4.78, 5) is 27.5. The highest BCUT2D eigenvalue weighted by atomic mass is 16.3. The van der Waals surface area contributed by atoms with Crippen LogP contribution in [0.2, 0.25) is 0 Å². The zero-order valence-corrected chi connectivity index (χ0v) is 48.4. The van der Waals surface area contributed by atoms with Crippen LogP contribution in [-0.2, 0) is 9.59 Å². The van der Waals surface area contributed by atoms with Gasteiger partial charge in [0.15, 0.2) is 17.2 Å². The number of Topliss-reactive ketones (excluding diaryl/α,β-unsaturated/α-hetero) is 2. The van der Waals surface area contributed by atoms with Crippen molar-refractivity contribution in [3.63, 3.8) is 0 Å². The predicted molar refractivity (Wildman–Crippen MR) is 314 cm³/mol. The van der Waals surface area contributed by atoms with E-state index in [9.17, 15) is 19.8 Å². The summed E-state index contributed by atoms with van der Waals surface area (Å²) in [5.41, 5.74) is 4.16. The van der Waals surface area contributed by atoms with Gasteiger partial charge in [-0.15, -0.1) is 0 Å². The Balaban J connectivity index is 4.54. The van der Waals surface area contributed by atoms with Gasteiger partial charge in [0.1, 0.15) is 0 Å². The molecule has 5 heteroatoms. The molecule has 0 spiro atoms. The summed E-state index contributed by atoms with van der Waals surface area (Å²) in [5, 5.41) is 23.0. The van der Waals surface area contributed by atoms with Crippen LogP contribution >= 0.6 is 0 Å². The van der Waals surface area contributed by atoms with Crippen LogP contribution < -0.4 is 5.73 Å². The molecule has 0 aromatic carbocycles. The minimum atomic E-state index is -2.35. The third-order valence-corrected chi connectivity index (χ3v) is 15.7. The summed E-state index contributed by atoms with van der Waals surface area (Å²) >= 11 is 0. The summed E-state index contributed by atoms with van der Waals surface area (Å²) < 4.78 is 0. The van der Waals surface area contributed by atoms with Gasteiger partial charge in [0.05, 0.1) is 12.1 Å². The quantitative estimate of drug-likeness (QED) is 0.0320. The molecule has 0 radical (unpaired) electrons. The van der Waals surface area contributed by atoms with Crippen LogP contribution in [-0.4, -0.2) is 39.5 Å². The molecule has 0 aliphatic heterocycles. The Morgan fingerprint density at radius 3 is 0.775 bits per heavy atom. The van der Waals surface area contributed by atoms with Crippen LogP contribution in [0.4, 0.5) is 0 Å². The van der Waals surface area contributed by atoms with E-state index in [-0.39, 0.29) is 12.8 Å². The first-order chi connectivity index (χ1) is 34.9. The number of aliphatic hydroxyl groups excluding tert-OH is 1. The smallest absolute Gasteiger partial charge is 0.199 e. The molecule has 0 rings (SSSR count). The maximum absolute atomic E-state index is 13.8. The van der Waals surface area contributed by atoms with Gasteiger partial charge in [0.2, 0.25) is 0 Å². The Morgan fingerprint density at radius 1 is 0.338 bits per heavy atom. The van der Waals surface area contributed by atoms with Gasteiger partial charge in [-0.2, -0.15) is 0 Å². The van der Waals surface area contributed by atoms with Gasteiger partial charge in [-0.3, -0.25) is 9.59 Å². The highest BCUT2D eigenvalue weighted by molar-refractivity contribution is 6.11. The van der Waals surface area contributed by atoms with Gasteiger partial charge in [0, 0.05) is 12.8 Å². The molecule has 0 aliphatic rings. The summed E-state index contributed by atoms with van der Waals surface area (Å²) in [6.07, 6.45) is 73.1. The largest absolute Gasteiger partial charge is 0.387 e. The zero-order chi connectivity index (χ0) is 51.8. The fraction of sp³-hybridized carbons (Fsp3) is 0.909. The first-order valence-electron chi connectivity index (χ1n) is 32.4. The molecule has 71 heavy (non-hydrogen) atoms. The molecular formula is C66H127NO4. The molecule has 0 aromatic rings. The van der Waals surface area contributed by atoms with Crippen molar-refractivity contribution in [2.45, 2.75) is 385 Å². The van der Waals surface area contributed by atoms with E-state index in [4.69, 9.17) is 5.73 Å². The number of carbonyl (C=O) groups is 2. The van der Waals surface area contributed by atoms with Crippen molar-refractivity contribution in [1.29, 1.82) is 0 Å². The van der Waals surface area contributed by atoms with Crippen LogP contribution in [0.3, 0.4) is 0 Å². The van der Waals surface area contributed by atoms with E-state index < -0.39 is 29.3 Å². The Bertz CT molecular complexity index is 1150. The lowest BCUT2D eigenvalue weighted by molar-refractivity contribution is -0.156. The number of hydrogen-bond acceptors (Lipinski definition) is 5. The minimum Gasteiger partial charge on any atom is -0.387 e. The van der Waals surface area contributed by atoms with Gasteiger partial charge < -0.3 is 15.9 Å². The van der Waals surface area contributed by atoms with E-state index in [1.54, 1.807) is 6.08 Å². The van der Waals surface area contributed by atoms with Crippen molar-refractivity contribution in [1.82, 2.24) is 0 Å². The number of nitrogens with two attached hydrogens (primary N) is 1. The van der Waals surface area contributed by atoms with Crippen LogP contribution in [0, 0.1) is 0 Å². The minimum absolute atomic E-state index is 0.124. The molecule has 1 unspecified atom stereocenters. The number of carbonyl (C=O) groups excluding carboxylic acids is 2. The number of hydrogen-bond donors (Lipinski definition) is 3. The molecule has 0 heterocycles. The SMILES string of the molecule is CCCCCCCC/C=C\CCCCCCCCCCCCCC(=O)C(O)(C(=O)CCCCCCCCCCCCCCCCCCCCCCC)[C@@H](N)[C@H](O)/C=C/CCCCCCCCCCCCC. The Labute approximate surface area is 444 Å². The summed E-state index contributed by atoms with van der Waals surface area (Å²) in [5.74, 6) is -1.02. The molecule has 0 saturated carbocycles. The van der Waals surface area contributed by atoms with Crippen molar-refractivity contribution in [2.24, 2.45) is 5.73 Å². The number of aliphatic hydroxyl groups is 2. The lowest BCUT2D eigenvalue weighted by Crippen LogP contribution is -2.63. The van der Waals surface area contributed by atoms with Crippen molar-refractivity contribution in [3.05, 3.63) is 24.3 Å². The van der Waals surface area contributed by atoms with E-state index in [1.807, 2.05) is 6.08 Å². The van der Waals surface area contributed by atoms with Crippen molar-refractivity contribution in [2.75, 3.05) is 0 Å². The summed E-state index contributed by atoms with van der Waals surface area (Å²) in [7, 11) is 0. The summed E-state index contributed by atoms with van der Waals surface area (Å²) in [6.45, 7) is 6.83. The molecule has 0 saturated heterocycles. The second-order valence-electron chi connectivity index (χ2n) is 22.7. The monoisotopic (exact) mass is 998 g/mol. The van der Waals surface area contributed by atoms with Crippen molar-refractivity contribution < 1.29 is 19.8 Å². The number of ketones is 2. The normalized spacial score (nSPS) is 13.7. The van der Waals surface area contributed by atoms with E-state index in [2.05, 4.69) is 32.9 Å². The average molecular weight is 999 g/mol.